The fourth-order valence-corrected chi connectivity index (χ4v) is 1.98. The Kier molecular flexibility index (Phi) is 7.07. The normalized spacial score (nSPS) is 15.6. The standard InChI is InChI=1S/C12H26N2OS/c1-9(8-16-6)7-13-10(2)11(15)14-12(3,4)5/h9-10,13H,7-8H2,1-6H3,(H,14,15). The molecule has 0 saturated carbocycles. The lowest BCUT2D eigenvalue weighted by Gasteiger charge is -2.24. The SMILES string of the molecule is CSCC(C)CNC(C)C(=O)NC(C)(C)C. The molecule has 0 aromatic rings. The number of nitrogens with one attached hydrogen (secondary N) is 2. The Bertz CT molecular complexity index is 214. The van der Waals surface area contributed by atoms with Gasteiger partial charge in [-0.1, -0.05) is 6.92 Å². The molecule has 16 heavy (non-hydrogen) atoms. The molecule has 2 N–H and O–H groups in total. The molecule has 0 aliphatic heterocycles. The van der Waals surface area contributed by atoms with Crippen LogP contribution in [0.25, 0.3) is 0 Å². The van der Waals surface area contributed by atoms with E-state index in [0.717, 1.165) is 12.3 Å². The summed E-state index contributed by atoms with van der Waals surface area (Å²) >= 11 is 1.84. The van der Waals surface area contributed by atoms with E-state index in [1.165, 1.54) is 0 Å². The van der Waals surface area contributed by atoms with Crippen molar-refractivity contribution in [2.45, 2.75) is 46.2 Å². The molecule has 2 atom stereocenters. The molecule has 0 radical (unpaired) electrons. The zero-order chi connectivity index (χ0) is 12.8. The summed E-state index contributed by atoms with van der Waals surface area (Å²) in [4.78, 5) is 11.8. The number of thioether (sulfide) groups is 1. The Morgan fingerprint density at radius 1 is 1.31 bits per heavy atom. The third kappa shape index (κ3) is 7.99. The third-order valence-corrected chi connectivity index (χ3v) is 3.02. The molecule has 0 saturated heterocycles. The minimum Gasteiger partial charge on any atom is -0.350 e. The van der Waals surface area contributed by atoms with Crippen LogP contribution in [0.3, 0.4) is 0 Å². The molecule has 1 amide bonds. The van der Waals surface area contributed by atoms with Crippen LogP contribution in [0.15, 0.2) is 0 Å². The van der Waals surface area contributed by atoms with Gasteiger partial charge < -0.3 is 10.6 Å². The van der Waals surface area contributed by atoms with Gasteiger partial charge in [-0.25, -0.2) is 0 Å². The summed E-state index contributed by atoms with van der Waals surface area (Å²) in [5.74, 6) is 1.80. The maximum absolute atomic E-state index is 11.8. The van der Waals surface area contributed by atoms with E-state index in [0.29, 0.717) is 5.92 Å². The second kappa shape index (κ2) is 7.17. The molecule has 0 rings (SSSR count). The Morgan fingerprint density at radius 2 is 1.88 bits per heavy atom. The van der Waals surface area contributed by atoms with Crippen LogP contribution < -0.4 is 10.6 Å². The summed E-state index contributed by atoms with van der Waals surface area (Å²) in [5.41, 5.74) is -0.155. The molecule has 3 nitrogen and oxygen atoms in total. The third-order valence-electron chi connectivity index (χ3n) is 2.12. The molecule has 0 heterocycles. The van der Waals surface area contributed by atoms with Gasteiger partial charge in [0.1, 0.15) is 0 Å². The Labute approximate surface area is 104 Å². The van der Waals surface area contributed by atoms with Crippen molar-refractivity contribution in [3.05, 3.63) is 0 Å². The van der Waals surface area contributed by atoms with E-state index in [2.05, 4.69) is 23.8 Å². The summed E-state index contributed by atoms with van der Waals surface area (Å²) in [7, 11) is 0. The number of amides is 1. The van der Waals surface area contributed by atoms with E-state index >= 15 is 0 Å². The van der Waals surface area contributed by atoms with E-state index < -0.39 is 0 Å². The summed E-state index contributed by atoms with van der Waals surface area (Å²) in [6.07, 6.45) is 2.10. The molecule has 0 aromatic heterocycles. The van der Waals surface area contributed by atoms with Gasteiger partial charge in [-0.15, -0.1) is 0 Å². The fourth-order valence-electron chi connectivity index (χ4n) is 1.29. The van der Waals surface area contributed by atoms with Crippen molar-refractivity contribution in [2.24, 2.45) is 5.92 Å². The monoisotopic (exact) mass is 246 g/mol. The van der Waals surface area contributed by atoms with Crippen molar-refractivity contribution in [2.75, 3.05) is 18.6 Å². The van der Waals surface area contributed by atoms with Crippen LogP contribution in [-0.4, -0.2) is 36.0 Å². The van der Waals surface area contributed by atoms with Gasteiger partial charge in [0.15, 0.2) is 0 Å². The zero-order valence-corrected chi connectivity index (χ0v) is 12.2. The van der Waals surface area contributed by atoms with E-state index in [1.807, 2.05) is 39.5 Å². The predicted molar refractivity (Wildman–Crippen MR) is 72.9 cm³/mol. The lowest BCUT2D eigenvalue weighted by molar-refractivity contribution is -0.124. The van der Waals surface area contributed by atoms with Gasteiger partial charge in [-0.2, -0.15) is 11.8 Å². The van der Waals surface area contributed by atoms with E-state index in [9.17, 15) is 4.79 Å². The van der Waals surface area contributed by atoms with Crippen LogP contribution in [0.4, 0.5) is 0 Å². The molecule has 0 aliphatic carbocycles. The maximum atomic E-state index is 11.8. The van der Waals surface area contributed by atoms with Gasteiger partial charge in [-0.05, 0) is 52.2 Å². The van der Waals surface area contributed by atoms with Crippen LogP contribution in [0, 0.1) is 5.92 Å². The zero-order valence-electron chi connectivity index (χ0n) is 11.4. The first kappa shape index (κ1) is 15.8. The van der Waals surface area contributed by atoms with Gasteiger partial charge in [0, 0.05) is 5.54 Å². The number of rotatable bonds is 6. The van der Waals surface area contributed by atoms with Crippen LogP contribution in [-0.2, 0) is 4.79 Å². The molecule has 0 bridgehead atoms. The average molecular weight is 246 g/mol. The molecule has 2 unspecified atom stereocenters. The van der Waals surface area contributed by atoms with Crippen LogP contribution >= 0.6 is 11.8 Å². The van der Waals surface area contributed by atoms with Crippen molar-refractivity contribution < 1.29 is 4.79 Å². The minimum atomic E-state index is -0.155. The van der Waals surface area contributed by atoms with Gasteiger partial charge >= 0.3 is 0 Å². The first-order valence-electron chi connectivity index (χ1n) is 5.80. The van der Waals surface area contributed by atoms with Gasteiger partial charge in [0.2, 0.25) is 5.91 Å². The van der Waals surface area contributed by atoms with Crippen LogP contribution in [0.5, 0.6) is 0 Å². The van der Waals surface area contributed by atoms with Gasteiger partial charge in [0.05, 0.1) is 6.04 Å². The average Bonchev–Trinajstić information content (AvgIpc) is 2.11. The molecule has 96 valence electrons. The van der Waals surface area contributed by atoms with Gasteiger partial charge in [0.25, 0.3) is 0 Å². The highest BCUT2D eigenvalue weighted by molar-refractivity contribution is 7.98. The first-order valence-corrected chi connectivity index (χ1v) is 7.20. The molecule has 0 spiro atoms. The predicted octanol–water partition coefficient (Wildman–Crippen LogP) is 1.88. The number of hydrogen-bond donors (Lipinski definition) is 2. The molecule has 4 heteroatoms. The second-order valence-electron chi connectivity index (χ2n) is 5.43. The highest BCUT2D eigenvalue weighted by atomic mass is 32.2. The summed E-state index contributed by atoms with van der Waals surface area (Å²) in [6.45, 7) is 11.0. The van der Waals surface area contributed by atoms with Crippen LogP contribution in [0.2, 0.25) is 0 Å². The quantitative estimate of drug-likeness (QED) is 0.752. The van der Waals surface area contributed by atoms with E-state index in [1.54, 1.807) is 0 Å². The lowest BCUT2D eigenvalue weighted by atomic mass is 10.1. The molecular formula is C12H26N2OS. The number of hydrogen-bond acceptors (Lipinski definition) is 3. The van der Waals surface area contributed by atoms with Crippen molar-refractivity contribution in [1.82, 2.24) is 10.6 Å². The van der Waals surface area contributed by atoms with Crippen molar-refractivity contribution in [3.63, 3.8) is 0 Å². The fraction of sp³-hybridized carbons (Fsp3) is 0.917. The van der Waals surface area contributed by atoms with Crippen molar-refractivity contribution >= 4 is 17.7 Å². The Morgan fingerprint density at radius 3 is 2.31 bits per heavy atom. The first-order chi connectivity index (χ1) is 7.26. The van der Waals surface area contributed by atoms with Crippen LogP contribution in [0.1, 0.15) is 34.6 Å². The molecule has 0 aromatic carbocycles. The number of carbonyl (C=O) groups is 1. The largest absolute Gasteiger partial charge is 0.350 e. The summed E-state index contributed by atoms with van der Waals surface area (Å²) in [5, 5.41) is 6.23. The van der Waals surface area contributed by atoms with Crippen molar-refractivity contribution in [3.8, 4) is 0 Å². The molecule has 0 fully saturated rings. The second-order valence-corrected chi connectivity index (χ2v) is 6.34. The number of carbonyl (C=O) groups excluding carboxylic acids is 1. The Hall–Kier alpha value is -0.220. The maximum Gasteiger partial charge on any atom is 0.237 e. The molecular weight excluding hydrogens is 220 g/mol. The highest BCUT2D eigenvalue weighted by Crippen LogP contribution is 2.03. The van der Waals surface area contributed by atoms with Crippen molar-refractivity contribution in [1.29, 1.82) is 0 Å². The highest BCUT2D eigenvalue weighted by Gasteiger charge is 2.18. The minimum absolute atomic E-state index is 0.0730. The lowest BCUT2D eigenvalue weighted by Crippen LogP contribution is -2.50. The van der Waals surface area contributed by atoms with Gasteiger partial charge in [-0.3, -0.25) is 4.79 Å². The molecule has 0 aliphatic rings. The summed E-state index contributed by atoms with van der Waals surface area (Å²) < 4.78 is 0. The topological polar surface area (TPSA) is 41.1 Å². The summed E-state index contributed by atoms with van der Waals surface area (Å²) in [6, 6.07) is -0.122. The van der Waals surface area contributed by atoms with E-state index in [-0.39, 0.29) is 17.5 Å². The Balaban J connectivity index is 3.88. The van der Waals surface area contributed by atoms with E-state index in [4.69, 9.17) is 0 Å². The smallest absolute Gasteiger partial charge is 0.237 e.